The van der Waals surface area contributed by atoms with E-state index in [1.54, 1.807) is 18.2 Å². The number of hydrogen-bond acceptors (Lipinski definition) is 4. The molecule has 7 heteroatoms. The van der Waals surface area contributed by atoms with Gasteiger partial charge >= 0.3 is 12.0 Å². The standard InChI is InChI=1S/C13H13IN2O4/c1-8(11(17)16-7-6-15-13(16)19)20-12(18)9-4-2-3-5-10(9)14/h2-5,8H,6-7H2,1H3,(H,15,19)/t8-/m0/s1. The molecule has 1 aromatic carbocycles. The second kappa shape index (κ2) is 6.21. The number of ether oxygens (including phenoxy) is 1. The number of nitrogens with one attached hydrogen (secondary N) is 1. The topological polar surface area (TPSA) is 75.7 Å². The van der Waals surface area contributed by atoms with Crippen LogP contribution in [-0.4, -0.2) is 42.0 Å². The molecule has 1 fully saturated rings. The van der Waals surface area contributed by atoms with Crippen LogP contribution in [0.3, 0.4) is 0 Å². The van der Waals surface area contributed by atoms with E-state index >= 15 is 0 Å². The molecule has 1 heterocycles. The van der Waals surface area contributed by atoms with Crippen LogP contribution in [0.5, 0.6) is 0 Å². The molecule has 0 aromatic heterocycles. The summed E-state index contributed by atoms with van der Waals surface area (Å²) in [5.74, 6) is -1.09. The molecule has 1 aromatic rings. The van der Waals surface area contributed by atoms with E-state index in [1.807, 2.05) is 28.7 Å². The molecule has 1 atom stereocenters. The molecule has 20 heavy (non-hydrogen) atoms. The van der Waals surface area contributed by atoms with Crippen LogP contribution in [0.2, 0.25) is 0 Å². The van der Waals surface area contributed by atoms with Crippen LogP contribution in [0.15, 0.2) is 24.3 Å². The van der Waals surface area contributed by atoms with Crippen LogP contribution in [-0.2, 0) is 9.53 Å². The first-order chi connectivity index (χ1) is 9.50. The number of halogens is 1. The first-order valence-electron chi connectivity index (χ1n) is 6.05. The fourth-order valence-corrected chi connectivity index (χ4v) is 2.41. The molecule has 0 aliphatic carbocycles. The molecule has 6 nitrogen and oxygen atoms in total. The Kier molecular flexibility index (Phi) is 4.58. The largest absolute Gasteiger partial charge is 0.449 e. The fraction of sp³-hybridized carbons (Fsp3) is 0.308. The van der Waals surface area contributed by atoms with Crippen LogP contribution < -0.4 is 5.32 Å². The van der Waals surface area contributed by atoms with E-state index in [2.05, 4.69) is 5.32 Å². The van der Waals surface area contributed by atoms with E-state index < -0.39 is 24.0 Å². The second-order valence-corrected chi connectivity index (χ2v) is 5.41. The van der Waals surface area contributed by atoms with Crippen molar-refractivity contribution in [3.8, 4) is 0 Å². The zero-order chi connectivity index (χ0) is 14.7. The van der Waals surface area contributed by atoms with Crippen molar-refractivity contribution in [2.75, 3.05) is 13.1 Å². The van der Waals surface area contributed by atoms with E-state index in [4.69, 9.17) is 4.74 Å². The Morgan fingerprint density at radius 2 is 2.10 bits per heavy atom. The van der Waals surface area contributed by atoms with E-state index in [-0.39, 0.29) is 0 Å². The predicted molar refractivity (Wildman–Crippen MR) is 79.1 cm³/mol. The minimum Gasteiger partial charge on any atom is -0.449 e. The summed E-state index contributed by atoms with van der Waals surface area (Å²) in [6.45, 7) is 2.17. The Morgan fingerprint density at radius 1 is 1.40 bits per heavy atom. The highest BCUT2D eigenvalue weighted by Crippen LogP contribution is 2.14. The van der Waals surface area contributed by atoms with Gasteiger partial charge in [0.1, 0.15) is 0 Å². The Hall–Kier alpha value is -1.64. The molecule has 1 aliphatic rings. The average molecular weight is 388 g/mol. The molecule has 0 spiro atoms. The fourth-order valence-electron chi connectivity index (χ4n) is 1.80. The Balaban J connectivity index is 2.02. The first kappa shape index (κ1) is 14.8. The van der Waals surface area contributed by atoms with Crippen molar-refractivity contribution in [2.24, 2.45) is 0 Å². The summed E-state index contributed by atoms with van der Waals surface area (Å²) < 4.78 is 5.87. The lowest BCUT2D eigenvalue weighted by Crippen LogP contribution is -2.41. The van der Waals surface area contributed by atoms with Gasteiger partial charge in [-0.05, 0) is 41.6 Å². The number of imide groups is 1. The minimum atomic E-state index is -0.998. The average Bonchev–Trinajstić information content (AvgIpc) is 2.84. The number of hydrogen-bond donors (Lipinski definition) is 1. The Bertz CT molecular complexity index is 561. The predicted octanol–water partition coefficient (Wildman–Crippen LogP) is 1.39. The molecule has 0 unspecified atom stereocenters. The summed E-state index contributed by atoms with van der Waals surface area (Å²) in [6, 6.07) is 6.48. The third-order valence-corrected chi connectivity index (χ3v) is 3.79. The van der Waals surface area contributed by atoms with E-state index in [1.165, 1.54) is 6.92 Å². The number of esters is 1. The van der Waals surface area contributed by atoms with E-state index in [0.29, 0.717) is 18.7 Å². The van der Waals surface area contributed by atoms with Gasteiger partial charge in [0, 0.05) is 16.7 Å². The number of rotatable bonds is 3. The number of benzene rings is 1. The van der Waals surface area contributed by atoms with Gasteiger partial charge in [-0.25, -0.2) is 9.59 Å². The monoisotopic (exact) mass is 388 g/mol. The summed E-state index contributed by atoms with van der Waals surface area (Å²) in [5, 5.41) is 2.52. The quantitative estimate of drug-likeness (QED) is 0.628. The maximum Gasteiger partial charge on any atom is 0.339 e. The highest BCUT2D eigenvalue weighted by Gasteiger charge is 2.31. The molecule has 0 radical (unpaired) electrons. The number of urea groups is 1. The van der Waals surface area contributed by atoms with Gasteiger partial charge in [0.2, 0.25) is 0 Å². The molecule has 0 saturated carbocycles. The van der Waals surface area contributed by atoms with Gasteiger partial charge in [-0.15, -0.1) is 0 Å². The minimum absolute atomic E-state index is 0.294. The summed E-state index contributed by atoms with van der Waals surface area (Å²) >= 11 is 2.02. The normalized spacial score (nSPS) is 15.7. The molecular weight excluding hydrogens is 375 g/mol. The van der Waals surface area contributed by atoms with Crippen LogP contribution >= 0.6 is 22.6 Å². The molecule has 3 amide bonds. The van der Waals surface area contributed by atoms with Crippen LogP contribution in [0, 0.1) is 3.57 Å². The van der Waals surface area contributed by atoms with Gasteiger partial charge in [-0.2, -0.15) is 0 Å². The van der Waals surface area contributed by atoms with Crippen molar-refractivity contribution in [2.45, 2.75) is 13.0 Å². The van der Waals surface area contributed by atoms with Gasteiger partial charge < -0.3 is 10.1 Å². The van der Waals surface area contributed by atoms with Crippen molar-refractivity contribution in [3.63, 3.8) is 0 Å². The highest BCUT2D eigenvalue weighted by molar-refractivity contribution is 14.1. The van der Waals surface area contributed by atoms with Crippen LogP contribution in [0.1, 0.15) is 17.3 Å². The lowest BCUT2D eigenvalue weighted by molar-refractivity contribution is -0.136. The van der Waals surface area contributed by atoms with Crippen molar-refractivity contribution >= 4 is 40.5 Å². The van der Waals surface area contributed by atoms with E-state index in [0.717, 1.165) is 8.47 Å². The smallest absolute Gasteiger partial charge is 0.339 e. The van der Waals surface area contributed by atoms with Gasteiger partial charge in [0.25, 0.3) is 5.91 Å². The lowest BCUT2D eigenvalue weighted by Gasteiger charge is -2.18. The maximum atomic E-state index is 12.0. The zero-order valence-corrected chi connectivity index (χ0v) is 12.9. The SMILES string of the molecule is C[C@H](OC(=O)c1ccccc1I)C(=O)N1CCNC1=O. The van der Waals surface area contributed by atoms with Crippen molar-refractivity contribution in [1.82, 2.24) is 10.2 Å². The molecule has 106 valence electrons. The Morgan fingerprint density at radius 3 is 2.70 bits per heavy atom. The third kappa shape index (κ3) is 3.09. The van der Waals surface area contributed by atoms with Gasteiger partial charge in [-0.3, -0.25) is 9.69 Å². The molecule has 1 saturated heterocycles. The summed E-state index contributed by atoms with van der Waals surface area (Å²) in [6.07, 6.45) is -0.998. The zero-order valence-electron chi connectivity index (χ0n) is 10.8. The molecule has 1 aliphatic heterocycles. The lowest BCUT2D eigenvalue weighted by atomic mass is 10.2. The van der Waals surface area contributed by atoms with Crippen LogP contribution in [0.25, 0.3) is 0 Å². The molecule has 1 N–H and O–H groups in total. The summed E-state index contributed by atoms with van der Waals surface area (Å²) in [7, 11) is 0. The molecular formula is C13H13IN2O4. The van der Waals surface area contributed by atoms with Gasteiger partial charge in [0.05, 0.1) is 5.56 Å². The summed E-state index contributed by atoms with van der Waals surface area (Å²) in [5.41, 5.74) is 0.402. The highest BCUT2D eigenvalue weighted by atomic mass is 127. The maximum absolute atomic E-state index is 12.0. The number of carbonyl (C=O) groups is 3. The van der Waals surface area contributed by atoms with Crippen molar-refractivity contribution in [3.05, 3.63) is 33.4 Å². The Labute approximate surface area is 129 Å². The van der Waals surface area contributed by atoms with Gasteiger partial charge in [0.15, 0.2) is 6.10 Å². The van der Waals surface area contributed by atoms with Crippen LogP contribution in [0.4, 0.5) is 4.79 Å². The first-order valence-corrected chi connectivity index (χ1v) is 7.13. The second-order valence-electron chi connectivity index (χ2n) is 4.25. The van der Waals surface area contributed by atoms with Gasteiger partial charge in [-0.1, -0.05) is 12.1 Å². The van der Waals surface area contributed by atoms with Crippen molar-refractivity contribution < 1.29 is 19.1 Å². The van der Waals surface area contributed by atoms with E-state index in [9.17, 15) is 14.4 Å². The number of carbonyl (C=O) groups excluding carboxylic acids is 3. The molecule has 2 rings (SSSR count). The third-order valence-electron chi connectivity index (χ3n) is 2.85. The van der Waals surface area contributed by atoms with Crippen molar-refractivity contribution in [1.29, 1.82) is 0 Å². The summed E-state index contributed by atoms with van der Waals surface area (Å²) in [4.78, 5) is 36.4. The number of nitrogens with zero attached hydrogens (tertiary/aromatic N) is 1. The molecule has 0 bridgehead atoms. The number of amides is 3.